The van der Waals surface area contributed by atoms with Crippen molar-refractivity contribution in [2.75, 3.05) is 13.2 Å². The number of nitrogens with zero attached hydrogens (tertiary/aromatic N) is 3. The predicted molar refractivity (Wildman–Crippen MR) is 141 cm³/mol. The number of carbonyl (C=O) groups excluding carboxylic acids is 1. The van der Waals surface area contributed by atoms with E-state index in [0.717, 1.165) is 10.0 Å². The molecule has 1 aromatic carbocycles. The van der Waals surface area contributed by atoms with Crippen LogP contribution >= 0.6 is 27.3 Å². The van der Waals surface area contributed by atoms with Gasteiger partial charge in [-0.05, 0) is 37.3 Å². The molecule has 1 unspecified atom stereocenters. The van der Waals surface area contributed by atoms with Gasteiger partial charge in [-0.2, -0.15) is 0 Å². The normalized spacial score (nSPS) is 26.6. The van der Waals surface area contributed by atoms with Gasteiger partial charge < -0.3 is 15.2 Å². The molecule has 4 heterocycles. The number of aliphatic carboxylic acids is 1. The Morgan fingerprint density at radius 2 is 2.11 bits per heavy atom. The van der Waals surface area contributed by atoms with E-state index in [1.807, 2.05) is 29.6 Å². The summed E-state index contributed by atoms with van der Waals surface area (Å²) in [7, 11) is 0. The average Bonchev–Trinajstić information content (AvgIpc) is 3.43. The van der Waals surface area contributed by atoms with Crippen LogP contribution in [0.25, 0.3) is 0 Å². The fourth-order valence-corrected chi connectivity index (χ4v) is 6.85. The largest absolute Gasteiger partial charge is 0.481 e. The molecule has 2 bridgehead atoms. The average molecular weight is 609 g/mol. The second-order valence-corrected chi connectivity index (χ2v) is 11.5. The van der Waals surface area contributed by atoms with Crippen molar-refractivity contribution in [1.29, 1.82) is 0 Å². The molecule has 3 aliphatic rings. The summed E-state index contributed by atoms with van der Waals surface area (Å²) < 4.78 is 36.4. The highest BCUT2D eigenvalue weighted by molar-refractivity contribution is 9.10. The highest BCUT2D eigenvalue weighted by Crippen LogP contribution is 2.49. The Hall–Kier alpha value is -2.70. The minimum atomic E-state index is -2.95. The molecule has 2 saturated heterocycles. The van der Waals surface area contributed by atoms with Crippen molar-refractivity contribution in [3.8, 4) is 0 Å². The number of piperidine rings is 1. The van der Waals surface area contributed by atoms with Crippen molar-refractivity contribution in [3.63, 3.8) is 0 Å². The third kappa shape index (κ3) is 5.26. The van der Waals surface area contributed by atoms with Gasteiger partial charge in [-0.25, -0.2) is 18.6 Å². The van der Waals surface area contributed by atoms with Gasteiger partial charge in [-0.3, -0.25) is 14.7 Å². The molecule has 0 saturated carbocycles. The number of fused-ring (bicyclic) bond motifs is 2. The van der Waals surface area contributed by atoms with Gasteiger partial charge in [0.05, 0.1) is 18.2 Å². The molecule has 8 nitrogen and oxygen atoms in total. The zero-order valence-corrected chi connectivity index (χ0v) is 23.0. The third-order valence-electron chi connectivity index (χ3n) is 7.29. The van der Waals surface area contributed by atoms with Crippen molar-refractivity contribution in [2.45, 2.75) is 56.7 Å². The van der Waals surface area contributed by atoms with Crippen LogP contribution in [0.2, 0.25) is 0 Å². The van der Waals surface area contributed by atoms with Gasteiger partial charge in [0.25, 0.3) is 5.92 Å². The number of amidine groups is 1. The molecule has 0 radical (unpaired) electrons. The Balaban J connectivity index is 1.57. The lowest BCUT2D eigenvalue weighted by molar-refractivity contribution is -0.140. The lowest BCUT2D eigenvalue weighted by Crippen LogP contribution is -2.50. The molecule has 4 atom stereocenters. The smallest absolute Gasteiger partial charge is 0.338 e. The molecule has 1 aromatic heterocycles. The summed E-state index contributed by atoms with van der Waals surface area (Å²) in [5.41, 5.74) is 1.43. The van der Waals surface area contributed by atoms with E-state index in [4.69, 9.17) is 9.73 Å². The highest BCUT2D eigenvalue weighted by Gasteiger charge is 2.57. The van der Waals surface area contributed by atoms with Gasteiger partial charge in [-0.1, -0.05) is 34.1 Å². The molecule has 12 heteroatoms. The second kappa shape index (κ2) is 10.8. The van der Waals surface area contributed by atoms with Crippen LogP contribution in [0.15, 0.2) is 56.6 Å². The number of carboxylic acids is 1. The first-order valence-electron chi connectivity index (χ1n) is 12.4. The minimum Gasteiger partial charge on any atom is -0.481 e. The van der Waals surface area contributed by atoms with Crippen molar-refractivity contribution in [1.82, 2.24) is 15.2 Å². The third-order valence-corrected chi connectivity index (χ3v) is 8.79. The number of aliphatic imine (C=N–C) groups is 1. The van der Waals surface area contributed by atoms with E-state index in [1.54, 1.807) is 18.0 Å². The number of alkyl halides is 2. The molecular formula is C26H27BrF2N4O4S. The first-order valence-corrected chi connectivity index (χ1v) is 14.1. The summed E-state index contributed by atoms with van der Waals surface area (Å²) >= 11 is 4.94. The van der Waals surface area contributed by atoms with E-state index in [-0.39, 0.29) is 43.9 Å². The lowest BCUT2D eigenvalue weighted by Gasteiger charge is -2.40. The molecule has 0 amide bonds. The Morgan fingerprint density at radius 3 is 2.76 bits per heavy atom. The summed E-state index contributed by atoms with van der Waals surface area (Å²) in [5, 5.41) is 14.9. The van der Waals surface area contributed by atoms with Gasteiger partial charge in [-0.15, -0.1) is 11.3 Å². The number of benzene rings is 1. The van der Waals surface area contributed by atoms with Crippen LogP contribution in [0.4, 0.5) is 8.78 Å². The quantitative estimate of drug-likeness (QED) is 0.416. The van der Waals surface area contributed by atoms with Crippen LogP contribution in [0.1, 0.15) is 49.2 Å². The van der Waals surface area contributed by atoms with Gasteiger partial charge in [0.1, 0.15) is 6.04 Å². The minimum absolute atomic E-state index is 0.0458. The van der Waals surface area contributed by atoms with Crippen molar-refractivity contribution in [2.24, 2.45) is 10.9 Å². The summed E-state index contributed by atoms with van der Waals surface area (Å²) in [5.74, 6) is -4.37. The topological polar surface area (TPSA) is 104 Å². The van der Waals surface area contributed by atoms with E-state index in [0.29, 0.717) is 23.0 Å². The molecule has 2 N–H and O–H groups in total. The molecule has 2 aromatic rings. The molecule has 2 fully saturated rings. The molecule has 5 rings (SSSR count). The summed E-state index contributed by atoms with van der Waals surface area (Å²) in [6.45, 7) is 1.90. The lowest BCUT2D eigenvalue weighted by atomic mass is 9.87. The second-order valence-electron chi connectivity index (χ2n) is 9.72. The first kappa shape index (κ1) is 26.9. The Bertz CT molecular complexity index is 1290. The number of thiazole rings is 1. The highest BCUT2D eigenvalue weighted by atomic mass is 79.9. The number of ether oxygens (including phenoxy) is 1. The number of rotatable bonds is 8. The van der Waals surface area contributed by atoms with Gasteiger partial charge in [0, 0.05) is 47.2 Å². The fourth-order valence-electron chi connectivity index (χ4n) is 5.76. The van der Waals surface area contributed by atoms with Crippen molar-refractivity contribution < 1.29 is 28.2 Å². The van der Waals surface area contributed by atoms with E-state index in [9.17, 15) is 14.7 Å². The zero-order valence-electron chi connectivity index (χ0n) is 20.6. The van der Waals surface area contributed by atoms with E-state index >= 15 is 8.78 Å². The number of esters is 1. The molecule has 202 valence electrons. The number of hydrogen-bond acceptors (Lipinski definition) is 8. The number of carbonyl (C=O) groups is 2. The first-order chi connectivity index (χ1) is 18.2. The maximum absolute atomic E-state index is 15.1. The number of halogens is 3. The summed E-state index contributed by atoms with van der Waals surface area (Å²) in [6, 6.07) is 5.04. The number of carboxylic acid groups (broad SMARTS) is 1. The Labute approximate surface area is 230 Å². The summed E-state index contributed by atoms with van der Waals surface area (Å²) in [6.07, 6.45) is 1.63. The van der Waals surface area contributed by atoms with Gasteiger partial charge in [0.15, 0.2) is 10.8 Å². The predicted octanol–water partition coefficient (Wildman–Crippen LogP) is 4.78. The van der Waals surface area contributed by atoms with Crippen LogP contribution in [-0.4, -0.2) is 63.9 Å². The van der Waals surface area contributed by atoms with Crippen LogP contribution in [0.3, 0.4) is 0 Å². The maximum atomic E-state index is 15.1. The maximum Gasteiger partial charge on any atom is 0.338 e. The SMILES string of the molecule is CCOC(=O)C1=C(CN2[C@H]3CC(CC(=O)O)C[C@@H]2C(F)(F)C3)NC(c2nccs2)=N[C@H]1c1ccccc1Br. The monoisotopic (exact) mass is 608 g/mol. The number of hydrogen-bond donors (Lipinski definition) is 2. The summed E-state index contributed by atoms with van der Waals surface area (Å²) in [4.78, 5) is 35.6. The molecule has 0 spiro atoms. The van der Waals surface area contributed by atoms with E-state index < -0.39 is 36.0 Å². The molecular weight excluding hydrogens is 582 g/mol. The zero-order chi connectivity index (χ0) is 27.0. The van der Waals surface area contributed by atoms with Crippen LogP contribution < -0.4 is 5.32 Å². The number of aromatic nitrogens is 1. The van der Waals surface area contributed by atoms with Crippen LogP contribution in [0.5, 0.6) is 0 Å². The molecule has 3 aliphatic heterocycles. The van der Waals surface area contributed by atoms with Crippen molar-refractivity contribution in [3.05, 3.63) is 62.2 Å². The van der Waals surface area contributed by atoms with Crippen LogP contribution in [0, 0.1) is 5.92 Å². The molecule has 38 heavy (non-hydrogen) atoms. The number of nitrogens with one attached hydrogen (secondary N) is 1. The fraction of sp³-hybridized carbons (Fsp3) is 0.462. The van der Waals surface area contributed by atoms with Gasteiger partial charge >= 0.3 is 11.9 Å². The Morgan fingerprint density at radius 1 is 1.32 bits per heavy atom. The van der Waals surface area contributed by atoms with Crippen LogP contribution in [-0.2, 0) is 14.3 Å². The standard InChI is InChI=1S/C26H27BrF2N4O4S/c1-2-37-25(36)21-18(13-33-15-9-14(11-20(34)35)10-19(33)26(28,29)12-15)31-23(24-30-7-8-38-24)32-22(21)16-5-3-4-6-17(16)27/h3-8,14-15,19,22H,2,9-13H2,1H3,(H,31,32)(H,34,35)/t14?,15-,19+,22-/m0/s1. The van der Waals surface area contributed by atoms with Gasteiger partial charge in [0.2, 0.25) is 0 Å². The molecule has 0 aliphatic carbocycles. The Kier molecular flexibility index (Phi) is 7.65. The van der Waals surface area contributed by atoms with Crippen molar-refractivity contribution >= 4 is 45.0 Å². The van der Waals surface area contributed by atoms with E-state index in [2.05, 4.69) is 26.2 Å². The van der Waals surface area contributed by atoms with E-state index in [1.165, 1.54) is 11.3 Å².